The van der Waals surface area contributed by atoms with Crippen LogP contribution in [0, 0.1) is 0 Å². The number of ether oxygens (including phenoxy) is 1. The lowest BCUT2D eigenvalue weighted by molar-refractivity contribution is -0.274. The van der Waals surface area contributed by atoms with Gasteiger partial charge in [-0.3, -0.25) is 9.10 Å². The molecule has 0 aromatic heterocycles. The quantitative estimate of drug-likeness (QED) is 0.508. The zero-order valence-corrected chi connectivity index (χ0v) is 17.8. The van der Waals surface area contributed by atoms with Crippen molar-refractivity contribution in [3.05, 3.63) is 83.9 Å². The number of anilines is 2. The number of nitrogens with one attached hydrogen (secondary N) is 1. The molecule has 0 saturated carbocycles. The van der Waals surface area contributed by atoms with Crippen LogP contribution in [0.4, 0.5) is 24.5 Å². The first-order valence-electron chi connectivity index (χ1n) is 9.04. The lowest BCUT2D eigenvalue weighted by Crippen LogP contribution is -2.38. The molecule has 3 aromatic carbocycles. The van der Waals surface area contributed by atoms with Crippen molar-refractivity contribution < 1.29 is 31.1 Å². The molecule has 0 fully saturated rings. The second kappa shape index (κ2) is 9.49. The molecule has 0 unspecified atom stereocenters. The normalized spacial score (nSPS) is 11.6. The summed E-state index contributed by atoms with van der Waals surface area (Å²) in [6.07, 6.45) is -4.84. The van der Waals surface area contributed by atoms with E-state index in [2.05, 4.69) is 10.1 Å². The van der Waals surface area contributed by atoms with Gasteiger partial charge < -0.3 is 10.1 Å². The number of amides is 1. The highest BCUT2D eigenvalue weighted by atomic mass is 35.5. The predicted octanol–water partition coefficient (Wildman–Crippen LogP) is 5.07. The van der Waals surface area contributed by atoms with E-state index in [-0.39, 0.29) is 16.3 Å². The van der Waals surface area contributed by atoms with Gasteiger partial charge in [-0.1, -0.05) is 29.8 Å². The smallest absolute Gasteiger partial charge is 0.406 e. The van der Waals surface area contributed by atoms with Crippen LogP contribution in [-0.2, 0) is 14.8 Å². The molecule has 0 spiro atoms. The second-order valence-corrected chi connectivity index (χ2v) is 8.72. The van der Waals surface area contributed by atoms with E-state index < -0.39 is 34.6 Å². The summed E-state index contributed by atoms with van der Waals surface area (Å²) < 4.78 is 67.8. The van der Waals surface area contributed by atoms with E-state index in [9.17, 15) is 26.4 Å². The Morgan fingerprint density at radius 2 is 1.53 bits per heavy atom. The molecule has 0 atom stereocenters. The van der Waals surface area contributed by atoms with Crippen LogP contribution in [0.5, 0.6) is 5.75 Å². The molecule has 0 bridgehead atoms. The minimum absolute atomic E-state index is 0.0172. The highest BCUT2D eigenvalue weighted by Gasteiger charge is 2.31. The molecule has 32 heavy (non-hydrogen) atoms. The maximum Gasteiger partial charge on any atom is 0.573 e. The van der Waals surface area contributed by atoms with Crippen molar-refractivity contribution in [2.24, 2.45) is 0 Å². The van der Waals surface area contributed by atoms with Crippen LogP contribution < -0.4 is 14.4 Å². The van der Waals surface area contributed by atoms with Gasteiger partial charge in [0, 0.05) is 10.7 Å². The molecule has 3 rings (SSSR count). The van der Waals surface area contributed by atoms with Crippen molar-refractivity contribution in [1.82, 2.24) is 0 Å². The molecule has 1 amide bonds. The van der Waals surface area contributed by atoms with Crippen LogP contribution in [0.25, 0.3) is 0 Å². The molecule has 0 aliphatic rings. The summed E-state index contributed by atoms with van der Waals surface area (Å²) in [7, 11) is -4.10. The number of benzene rings is 3. The minimum atomic E-state index is -4.84. The van der Waals surface area contributed by atoms with Gasteiger partial charge in [-0.2, -0.15) is 0 Å². The molecule has 1 N–H and O–H groups in total. The van der Waals surface area contributed by atoms with E-state index in [0.29, 0.717) is 5.02 Å². The molecular weight excluding hydrogens is 469 g/mol. The predicted molar refractivity (Wildman–Crippen MR) is 114 cm³/mol. The number of carbonyl (C=O) groups is 1. The van der Waals surface area contributed by atoms with Crippen molar-refractivity contribution in [3.8, 4) is 5.75 Å². The van der Waals surface area contributed by atoms with Gasteiger partial charge in [0.2, 0.25) is 5.91 Å². The molecule has 0 aliphatic heterocycles. The first-order valence-corrected chi connectivity index (χ1v) is 10.9. The number of nitrogens with zero attached hydrogens (tertiary/aromatic N) is 1. The zero-order chi connectivity index (χ0) is 23.4. The average molecular weight is 485 g/mol. The Labute approximate surface area is 187 Å². The summed E-state index contributed by atoms with van der Waals surface area (Å²) in [4.78, 5) is 12.6. The molecular formula is C21H16ClF3N2O4S. The Bertz CT molecular complexity index is 1170. The Morgan fingerprint density at radius 3 is 2.09 bits per heavy atom. The van der Waals surface area contributed by atoms with Crippen LogP contribution in [0.15, 0.2) is 83.8 Å². The molecule has 11 heteroatoms. The molecule has 6 nitrogen and oxygen atoms in total. The number of alkyl halides is 3. The summed E-state index contributed by atoms with van der Waals surface area (Å²) in [5, 5.41) is 2.84. The molecule has 0 saturated heterocycles. The van der Waals surface area contributed by atoms with E-state index in [4.69, 9.17) is 11.6 Å². The van der Waals surface area contributed by atoms with E-state index in [1.165, 1.54) is 48.5 Å². The van der Waals surface area contributed by atoms with Gasteiger partial charge in [-0.05, 0) is 60.7 Å². The zero-order valence-electron chi connectivity index (χ0n) is 16.2. The van der Waals surface area contributed by atoms with Gasteiger partial charge in [0.05, 0.1) is 10.6 Å². The molecule has 0 heterocycles. The Kier molecular flexibility index (Phi) is 6.95. The fourth-order valence-electron chi connectivity index (χ4n) is 2.71. The third-order valence-corrected chi connectivity index (χ3v) is 6.14. The highest BCUT2D eigenvalue weighted by Crippen LogP contribution is 2.26. The van der Waals surface area contributed by atoms with Crippen LogP contribution in [-0.4, -0.2) is 27.2 Å². The number of halogens is 4. The summed E-state index contributed by atoms with van der Waals surface area (Å²) in [5.74, 6) is -1.16. The maximum absolute atomic E-state index is 13.2. The SMILES string of the molecule is O=C(CN(c1ccc(Cl)cc1)S(=O)(=O)c1ccccc1)Nc1ccc(OC(F)(F)F)cc1. The minimum Gasteiger partial charge on any atom is -0.406 e. The van der Waals surface area contributed by atoms with E-state index in [1.807, 2.05) is 0 Å². The number of sulfonamides is 1. The molecule has 3 aromatic rings. The summed E-state index contributed by atoms with van der Waals surface area (Å²) in [5.41, 5.74) is 0.375. The van der Waals surface area contributed by atoms with Crippen LogP contribution in [0.2, 0.25) is 5.02 Å². The van der Waals surface area contributed by atoms with Gasteiger partial charge >= 0.3 is 6.36 Å². The van der Waals surface area contributed by atoms with Crippen molar-refractivity contribution in [3.63, 3.8) is 0 Å². The number of hydrogen-bond acceptors (Lipinski definition) is 4. The number of carbonyl (C=O) groups excluding carboxylic acids is 1. The third-order valence-electron chi connectivity index (χ3n) is 4.10. The van der Waals surface area contributed by atoms with Gasteiger partial charge in [-0.25, -0.2) is 8.42 Å². The lowest BCUT2D eigenvalue weighted by Gasteiger charge is -2.24. The fourth-order valence-corrected chi connectivity index (χ4v) is 4.28. The van der Waals surface area contributed by atoms with Crippen LogP contribution >= 0.6 is 11.6 Å². The molecule has 168 valence electrons. The van der Waals surface area contributed by atoms with Crippen molar-refractivity contribution in [1.29, 1.82) is 0 Å². The fraction of sp³-hybridized carbons (Fsp3) is 0.0952. The monoisotopic (exact) mass is 484 g/mol. The average Bonchev–Trinajstić information content (AvgIpc) is 2.74. The van der Waals surface area contributed by atoms with Crippen molar-refractivity contribution >= 4 is 38.9 Å². The largest absolute Gasteiger partial charge is 0.573 e. The first kappa shape index (κ1) is 23.4. The van der Waals surface area contributed by atoms with Gasteiger partial charge in [0.15, 0.2) is 0 Å². The van der Waals surface area contributed by atoms with Crippen LogP contribution in [0.3, 0.4) is 0 Å². The van der Waals surface area contributed by atoms with Gasteiger partial charge in [0.25, 0.3) is 10.0 Å². The lowest BCUT2D eigenvalue weighted by atomic mass is 10.3. The van der Waals surface area contributed by atoms with Crippen molar-refractivity contribution in [2.75, 3.05) is 16.2 Å². The third kappa shape index (κ3) is 6.14. The maximum atomic E-state index is 13.2. The first-order chi connectivity index (χ1) is 15.0. The standard InChI is InChI=1S/C21H16ClF3N2O4S/c22-15-6-10-17(11-7-15)27(32(29,30)19-4-2-1-3-5-19)14-20(28)26-16-8-12-18(13-9-16)31-21(23,24)25/h1-13H,14H2,(H,26,28). The van der Waals surface area contributed by atoms with E-state index in [0.717, 1.165) is 16.4 Å². The Hall–Kier alpha value is -3.24. The van der Waals surface area contributed by atoms with Crippen LogP contribution in [0.1, 0.15) is 0 Å². The Balaban J connectivity index is 1.82. The summed E-state index contributed by atoms with van der Waals surface area (Å²) >= 11 is 5.89. The topological polar surface area (TPSA) is 75.7 Å². The summed E-state index contributed by atoms with van der Waals surface area (Å²) in [6, 6.07) is 17.9. The molecule has 0 aliphatic carbocycles. The van der Waals surface area contributed by atoms with Gasteiger partial charge in [-0.15, -0.1) is 13.2 Å². The van der Waals surface area contributed by atoms with E-state index in [1.54, 1.807) is 18.2 Å². The van der Waals surface area contributed by atoms with Gasteiger partial charge in [0.1, 0.15) is 12.3 Å². The number of rotatable bonds is 7. The highest BCUT2D eigenvalue weighted by molar-refractivity contribution is 7.92. The molecule has 0 radical (unpaired) electrons. The van der Waals surface area contributed by atoms with E-state index >= 15 is 0 Å². The van der Waals surface area contributed by atoms with Crippen molar-refractivity contribution in [2.45, 2.75) is 11.3 Å². The Morgan fingerprint density at radius 1 is 0.938 bits per heavy atom. The summed E-state index contributed by atoms with van der Waals surface area (Å²) in [6.45, 7) is -0.584. The second-order valence-electron chi connectivity index (χ2n) is 6.42. The number of hydrogen-bond donors (Lipinski definition) is 1.